The summed E-state index contributed by atoms with van der Waals surface area (Å²) in [6.07, 6.45) is 0. The van der Waals surface area contributed by atoms with Gasteiger partial charge in [0.15, 0.2) is 0 Å². The molecule has 25 heavy (non-hydrogen) atoms. The van der Waals surface area contributed by atoms with Crippen LogP contribution in [0.1, 0.15) is 0 Å². The van der Waals surface area contributed by atoms with Crippen molar-refractivity contribution in [1.29, 1.82) is 0 Å². The zero-order chi connectivity index (χ0) is 18.4. The van der Waals surface area contributed by atoms with E-state index in [9.17, 15) is 0 Å². The van der Waals surface area contributed by atoms with Crippen LogP contribution in [-0.2, 0) is 23.7 Å². The quantitative estimate of drug-likeness (QED) is 0.205. The first kappa shape index (κ1) is 24.6. The van der Waals surface area contributed by atoms with E-state index in [0.29, 0.717) is 66.1 Å². The Morgan fingerprint density at radius 1 is 0.400 bits per heavy atom. The molecule has 3 N–H and O–H groups in total. The summed E-state index contributed by atoms with van der Waals surface area (Å²) in [6, 6.07) is 0. The molecule has 0 aliphatic rings. The summed E-state index contributed by atoms with van der Waals surface area (Å²) in [4.78, 5) is 2.17. The lowest BCUT2D eigenvalue weighted by atomic mass is 10.4. The molecule has 0 heterocycles. The second-order valence-electron chi connectivity index (χ2n) is 5.07. The van der Waals surface area contributed by atoms with Gasteiger partial charge in [0.1, 0.15) is 0 Å². The molecule has 0 rings (SSSR count). The van der Waals surface area contributed by atoms with Crippen molar-refractivity contribution in [2.45, 2.75) is 0 Å². The largest absolute Gasteiger partial charge is 0.394 e. The van der Waals surface area contributed by atoms with Crippen molar-refractivity contribution in [2.24, 2.45) is 0 Å². The summed E-state index contributed by atoms with van der Waals surface area (Å²) in [7, 11) is 0. The Kier molecular flexibility index (Phi) is 21.4. The minimum absolute atomic E-state index is 0.0205. The molecule has 0 radical (unpaired) electrons. The van der Waals surface area contributed by atoms with Crippen molar-refractivity contribution in [3.63, 3.8) is 0 Å². The van der Waals surface area contributed by atoms with E-state index in [1.54, 1.807) is 0 Å². The first-order valence-corrected chi connectivity index (χ1v) is 8.78. The summed E-state index contributed by atoms with van der Waals surface area (Å²) in [5.41, 5.74) is 0. The fourth-order valence-corrected chi connectivity index (χ4v) is 1.86. The second kappa shape index (κ2) is 21.7. The normalized spacial score (nSPS) is 11.5. The maximum Gasteiger partial charge on any atom is 0.0701 e. The number of aliphatic hydroxyl groups is 3. The molecular formula is C16H35NO8. The molecule has 0 aromatic rings. The van der Waals surface area contributed by atoms with Gasteiger partial charge in [-0.25, -0.2) is 0 Å². The summed E-state index contributed by atoms with van der Waals surface area (Å²) >= 11 is 0. The van der Waals surface area contributed by atoms with Gasteiger partial charge in [0.2, 0.25) is 0 Å². The zero-order valence-corrected chi connectivity index (χ0v) is 15.1. The molecule has 0 amide bonds. The molecule has 0 aliphatic carbocycles. The predicted octanol–water partition coefficient (Wildman–Crippen LogP) is -1.65. The van der Waals surface area contributed by atoms with Gasteiger partial charge in [0.25, 0.3) is 0 Å². The van der Waals surface area contributed by atoms with E-state index in [2.05, 4.69) is 4.90 Å². The first-order chi connectivity index (χ1) is 12.3. The van der Waals surface area contributed by atoms with Crippen LogP contribution in [0, 0.1) is 0 Å². The van der Waals surface area contributed by atoms with Gasteiger partial charge in [-0.3, -0.25) is 4.90 Å². The van der Waals surface area contributed by atoms with Gasteiger partial charge in [-0.05, 0) is 0 Å². The number of nitrogens with zero attached hydrogens (tertiary/aromatic N) is 1. The van der Waals surface area contributed by atoms with E-state index in [0.717, 1.165) is 19.6 Å². The summed E-state index contributed by atoms with van der Waals surface area (Å²) in [6.45, 7) is 6.89. The SMILES string of the molecule is OCCOCCOCCN(CCOCCO)CCOCCOCCO. The monoisotopic (exact) mass is 369 g/mol. The van der Waals surface area contributed by atoms with Gasteiger partial charge >= 0.3 is 0 Å². The molecule has 0 saturated carbocycles. The van der Waals surface area contributed by atoms with Crippen LogP contribution in [0.3, 0.4) is 0 Å². The topological polar surface area (TPSA) is 110 Å². The predicted molar refractivity (Wildman–Crippen MR) is 91.8 cm³/mol. The number of hydrogen-bond donors (Lipinski definition) is 3. The van der Waals surface area contributed by atoms with Crippen LogP contribution in [-0.4, -0.2) is 126 Å². The third kappa shape index (κ3) is 19.8. The molecule has 0 unspecified atom stereocenters. The minimum atomic E-state index is 0.0205. The van der Waals surface area contributed by atoms with Gasteiger partial charge < -0.3 is 39.0 Å². The molecule has 9 nitrogen and oxygen atoms in total. The van der Waals surface area contributed by atoms with Crippen LogP contribution in [0.4, 0.5) is 0 Å². The van der Waals surface area contributed by atoms with E-state index in [4.69, 9.17) is 39.0 Å². The second-order valence-corrected chi connectivity index (χ2v) is 5.07. The lowest BCUT2D eigenvalue weighted by Gasteiger charge is -2.22. The molecule has 0 aromatic heterocycles. The molecule has 9 heteroatoms. The van der Waals surface area contributed by atoms with Crippen LogP contribution in [0.2, 0.25) is 0 Å². The van der Waals surface area contributed by atoms with Crippen LogP contribution >= 0.6 is 0 Å². The van der Waals surface area contributed by atoms with Crippen LogP contribution in [0.5, 0.6) is 0 Å². The van der Waals surface area contributed by atoms with E-state index >= 15 is 0 Å². The molecule has 0 saturated heterocycles. The van der Waals surface area contributed by atoms with Gasteiger partial charge in [0.05, 0.1) is 85.9 Å². The maximum absolute atomic E-state index is 8.72. The average Bonchev–Trinajstić information content (AvgIpc) is 2.63. The Hall–Kier alpha value is -0.360. The highest BCUT2D eigenvalue weighted by Crippen LogP contribution is 1.92. The molecule has 0 fully saturated rings. The highest BCUT2D eigenvalue weighted by atomic mass is 16.5. The summed E-state index contributed by atoms with van der Waals surface area (Å²) in [5.74, 6) is 0. The number of aliphatic hydroxyl groups excluding tert-OH is 3. The van der Waals surface area contributed by atoms with Gasteiger partial charge in [0, 0.05) is 19.6 Å². The third-order valence-electron chi connectivity index (χ3n) is 3.11. The van der Waals surface area contributed by atoms with Crippen molar-refractivity contribution in [1.82, 2.24) is 4.90 Å². The molecule has 152 valence electrons. The van der Waals surface area contributed by atoms with Crippen LogP contribution < -0.4 is 0 Å². The fourth-order valence-electron chi connectivity index (χ4n) is 1.86. The average molecular weight is 369 g/mol. The first-order valence-electron chi connectivity index (χ1n) is 8.78. The molecule has 0 bridgehead atoms. The molecule has 0 spiro atoms. The smallest absolute Gasteiger partial charge is 0.0701 e. The standard InChI is InChI=1S/C16H35NO8/c18-4-10-21-7-1-17(2-8-22-13-15-24-11-5-19)3-9-23-14-16-25-12-6-20/h18-20H,1-16H2. The molecule has 0 aromatic carbocycles. The van der Waals surface area contributed by atoms with Crippen molar-refractivity contribution in [2.75, 3.05) is 106 Å². The number of rotatable bonds is 21. The van der Waals surface area contributed by atoms with E-state index in [-0.39, 0.29) is 19.8 Å². The zero-order valence-electron chi connectivity index (χ0n) is 15.1. The fraction of sp³-hybridized carbons (Fsp3) is 1.00. The Morgan fingerprint density at radius 2 is 0.680 bits per heavy atom. The van der Waals surface area contributed by atoms with Crippen molar-refractivity contribution >= 4 is 0 Å². The Morgan fingerprint density at radius 3 is 1.00 bits per heavy atom. The highest BCUT2D eigenvalue weighted by molar-refractivity contribution is 4.57. The third-order valence-corrected chi connectivity index (χ3v) is 3.11. The van der Waals surface area contributed by atoms with E-state index in [1.165, 1.54) is 0 Å². The van der Waals surface area contributed by atoms with Gasteiger partial charge in [-0.2, -0.15) is 0 Å². The number of ether oxygens (including phenoxy) is 5. The lowest BCUT2D eigenvalue weighted by molar-refractivity contribution is 0.00843. The Bertz CT molecular complexity index is 230. The van der Waals surface area contributed by atoms with E-state index < -0.39 is 0 Å². The molecule has 0 aliphatic heterocycles. The van der Waals surface area contributed by atoms with Crippen molar-refractivity contribution < 1.29 is 39.0 Å². The summed E-state index contributed by atoms with van der Waals surface area (Å²) < 4.78 is 26.5. The van der Waals surface area contributed by atoms with Gasteiger partial charge in [-0.15, -0.1) is 0 Å². The van der Waals surface area contributed by atoms with Crippen molar-refractivity contribution in [3.8, 4) is 0 Å². The summed E-state index contributed by atoms with van der Waals surface area (Å²) in [5, 5.41) is 25.9. The minimum Gasteiger partial charge on any atom is -0.394 e. The number of hydrogen-bond acceptors (Lipinski definition) is 9. The maximum atomic E-state index is 8.72. The van der Waals surface area contributed by atoms with E-state index in [1.807, 2.05) is 0 Å². The molecular weight excluding hydrogens is 334 g/mol. The molecule has 0 atom stereocenters. The van der Waals surface area contributed by atoms with Gasteiger partial charge in [-0.1, -0.05) is 0 Å². The van der Waals surface area contributed by atoms with Crippen molar-refractivity contribution in [3.05, 3.63) is 0 Å². The van der Waals surface area contributed by atoms with Crippen LogP contribution in [0.15, 0.2) is 0 Å². The lowest BCUT2D eigenvalue weighted by Crippen LogP contribution is -2.34. The highest BCUT2D eigenvalue weighted by Gasteiger charge is 2.05. The van der Waals surface area contributed by atoms with Crippen LogP contribution in [0.25, 0.3) is 0 Å². The Labute approximate surface area is 150 Å². The Balaban J connectivity index is 3.71.